The van der Waals surface area contributed by atoms with Crippen LogP contribution in [0.2, 0.25) is 0 Å². The van der Waals surface area contributed by atoms with Crippen LogP contribution in [0, 0.1) is 0 Å². The third-order valence-electron chi connectivity index (χ3n) is 5.21. The molecule has 1 aliphatic carbocycles. The Morgan fingerprint density at radius 3 is 2.89 bits per heavy atom. The number of ether oxygens (including phenoxy) is 1. The fourth-order valence-corrected chi connectivity index (χ4v) is 5.23. The molecule has 0 radical (unpaired) electrons. The molecule has 7 nitrogen and oxygen atoms in total. The Kier molecular flexibility index (Phi) is 5.39. The van der Waals surface area contributed by atoms with Crippen LogP contribution in [-0.2, 0) is 27.0 Å². The van der Waals surface area contributed by atoms with Crippen molar-refractivity contribution in [3.63, 3.8) is 0 Å². The molecule has 0 spiro atoms. The van der Waals surface area contributed by atoms with Crippen molar-refractivity contribution in [3.05, 3.63) is 41.1 Å². The van der Waals surface area contributed by atoms with Gasteiger partial charge in [-0.25, -0.2) is 4.79 Å². The molecule has 2 heterocycles. The van der Waals surface area contributed by atoms with E-state index in [9.17, 15) is 9.00 Å². The first-order valence-corrected chi connectivity index (χ1v) is 11.2. The predicted octanol–water partition coefficient (Wildman–Crippen LogP) is 3.69. The van der Waals surface area contributed by atoms with Crippen molar-refractivity contribution in [1.82, 2.24) is 15.5 Å². The highest BCUT2D eigenvalue weighted by molar-refractivity contribution is 7.83. The highest BCUT2D eigenvalue weighted by atomic mass is 32.2. The summed E-state index contributed by atoms with van der Waals surface area (Å²) in [6.07, 6.45) is 2.23. The van der Waals surface area contributed by atoms with E-state index >= 15 is 0 Å². The summed E-state index contributed by atoms with van der Waals surface area (Å²) in [6, 6.07) is 8.19. The van der Waals surface area contributed by atoms with E-state index in [1.165, 1.54) is 5.56 Å². The maximum absolute atomic E-state index is 11.8. The minimum absolute atomic E-state index is 0.0546. The van der Waals surface area contributed by atoms with Crippen molar-refractivity contribution >= 4 is 28.4 Å². The molecule has 1 aromatic carbocycles. The average Bonchev–Trinajstić information content (AvgIpc) is 3.32. The van der Waals surface area contributed by atoms with Crippen LogP contribution in [0.4, 0.5) is 16.3 Å². The van der Waals surface area contributed by atoms with Gasteiger partial charge in [-0.05, 0) is 56.4 Å². The number of carbonyl (C=O) groups excluding carboxylic acids is 1. The zero-order valence-corrected chi connectivity index (χ0v) is 17.0. The second-order valence-electron chi connectivity index (χ2n) is 7.88. The minimum atomic E-state index is -0.773. The molecule has 150 valence electrons. The van der Waals surface area contributed by atoms with Crippen LogP contribution >= 0.6 is 0 Å². The molecule has 28 heavy (non-hydrogen) atoms. The molecule has 0 saturated heterocycles. The second kappa shape index (κ2) is 7.95. The Bertz CT molecular complexity index is 895. The number of hydrogen-bond acceptors (Lipinski definition) is 5. The van der Waals surface area contributed by atoms with Crippen molar-refractivity contribution in [3.8, 4) is 0 Å². The monoisotopic (exact) mass is 402 g/mol. The van der Waals surface area contributed by atoms with E-state index in [2.05, 4.69) is 26.9 Å². The third kappa shape index (κ3) is 4.38. The largest absolute Gasteiger partial charge is 0.446 e. The zero-order valence-electron chi connectivity index (χ0n) is 16.2. The first-order valence-electron chi connectivity index (χ1n) is 9.72. The Morgan fingerprint density at radius 1 is 1.25 bits per heavy atom. The molecule has 1 amide bonds. The summed E-state index contributed by atoms with van der Waals surface area (Å²) in [4.78, 5) is 11.8. The average molecular weight is 403 g/mol. The number of aromatic nitrogens is 2. The quantitative estimate of drug-likeness (QED) is 0.709. The lowest BCUT2D eigenvalue weighted by atomic mass is 10.0. The molecule has 1 aliphatic heterocycles. The first-order chi connectivity index (χ1) is 13.5. The van der Waals surface area contributed by atoms with Gasteiger partial charge in [0.25, 0.3) is 0 Å². The zero-order chi connectivity index (χ0) is 19.7. The van der Waals surface area contributed by atoms with Crippen molar-refractivity contribution in [2.45, 2.75) is 62.7 Å². The van der Waals surface area contributed by atoms with Crippen LogP contribution < -0.4 is 10.6 Å². The molecule has 1 fully saturated rings. The maximum Gasteiger partial charge on any atom is 0.407 e. The van der Waals surface area contributed by atoms with E-state index in [0.717, 1.165) is 42.0 Å². The summed E-state index contributed by atoms with van der Waals surface area (Å²) in [6.45, 7) is 3.83. The van der Waals surface area contributed by atoms with Gasteiger partial charge >= 0.3 is 6.09 Å². The number of carbonyl (C=O) groups is 1. The summed E-state index contributed by atoms with van der Waals surface area (Å²) in [5.41, 5.74) is 4.33. The van der Waals surface area contributed by atoms with Gasteiger partial charge in [0.05, 0.1) is 0 Å². The molecular weight excluding hydrogens is 376 g/mol. The van der Waals surface area contributed by atoms with Crippen LogP contribution in [0.5, 0.6) is 0 Å². The minimum Gasteiger partial charge on any atom is -0.446 e. The molecular formula is C20H26N4O3S. The maximum atomic E-state index is 11.8. The molecule has 3 N–H and O–H groups in total. The summed E-state index contributed by atoms with van der Waals surface area (Å²) < 4.78 is 17.2. The van der Waals surface area contributed by atoms with E-state index in [-0.39, 0.29) is 18.2 Å². The third-order valence-corrected chi connectivity index (χ3v) is 6.48. The number of anilines is 2. The molecule has 2 aliphatic rings. The SMILES string of the molecule is CC(C)NC(=O)O[C@H]1CC[C@@H](c2cc(Nc3ccc4c(c3)CS(=O)C4)n[nH]2)C1. The van der Waals surface area contributed by atoms with Crippen molar-refractivity contribution in [2.75, 3.05) is 5.32 Å². The van der Waals surface area contributed by atoms with Crippen LogP contribution in [0.3, 0.4) is 0 Å². The Hall–Kier alpha value is -2.35. The fourth-order valence-electron chi connectivity index (χ4n) is 3.89. The summed E-state index contributed by atoms with van der Waals surface area (Å²) in [7, 11) is -0.773. The molecule has 1 saturated carbocycles. The number of aromatic amines is 1. The molecule has 3 atom stereocenters. The topological polar surface area (TPSA) is 96.1 Å². The highest BCUT2D eigenvalue weighted by Gasteiger charge is 2.30. The molecule has 1 aromatic heterocycles. The molecule has 2 aromatic rings. The first kappa shape index (κ1) is 19.0. The van der Waals surface area contributed by atoms with E-state index in [4.69, 9.17) is 4.74 Å². The standard InChI is InChI=1S/C20H26N4O3S/c1-12(2)21-20(25)27-17-6-4-13(8-17)18-9-19(24-23-18)22-16-5-3-14-10-28(26)11-15(14)7-16/h3,5,7,9,12-13,17H,4,6,8,10-11H2,1-2H3,(H,21,25)(H2,22,23,24)/t13-,17+,28?/m1/s1. The number of nitrogens with zero attached hydrogens (tertiary/aromatic N) is 1. The molecule has 4 rings (SSSR count). The number of amides is 1. The lowest BCUT2D eigenvalue weighted by Gasteiger charge is -2.14. The summed E-state index contributed by atoms with van der Waals surface area (Å²) in [5, 5.41) is 13.6. The van der Waals surface area contributed by atoms with Gasteiger partial charge in [-0.2, -0.15) is 5.10 Å². The second-order valence-corrected chi connectivity index (χ2v) is 9.34. The van der Waals surface area contributed by atoms with Gasteiger partial charge in [-0.15, -0.1) is 0 Å². The van der Waals surface area contributed by atoms with Crippen LogP contribution in [-0.4, -0.2) is 32.6 Å². The van der Waals surface area contributed by atoms with Gasteiger partial charge in [-0.3, -0.25) is 9.31 Å². The van der Waals surface area contributed by atoms with Gasteiger partial charge in [0.1, 0.15) is 6.10 Å². The number of benzene rings is 1. The highest BCUT2D eigenvalue weighted by Crippen LogP contribution is 2.36. The smallest absolute Gasteiger partial charge is 0.407 e. The van der Waals surface area contributed by atoms with Crippen molar-refractivity contribution in [1.29, 1.82) is 0 Å². The number of H-pyrrole nitrogens is 1. The fraction of sp³-hybridized carbons (Fsp3) is 0.500. The lowest BCUT2D eigenvalue weighted by molar-refractivity contribution is 0.0981. The lowest BCUT2D eigenvalue weighted by Crippen LogP contribution is -2.33. The van der Waals surface area contributed by atoms with E-state index < -0.39 is 10.8 Å². The predicted molar refractivity (Wildman–Crippen MR) is 109 cm³/mol. The van der Waals surface area contributed by atoms with Crippen molar-refractivity contribution in [2.24, 2.45) is 0 Å². The molecule has 1 unspecified atom stereocenters. The Labute approximate surface area is 167 Å². The number of alkyl carbamates (subject to hydrolysis) is 1. The van der Waals surface area contributed by atoms with Crippen LogP contribution in [0.1, 0.15) is 55.8 Å². The van der Waals surface area contributed by atoms with Crippen LogP contribution in [0.15, 0.2) is 24.3 Å². The summed E-state index contributed by atoms with van der Waals surface area (Å²) in [5.74, 6) is 2.35. The number of hydrogen-bond donors (Lipinski definition) is 3. The number of fused-ring (bicyclic) bond motifs is 1. The van der Waals surface area contributed by atoms with Gasteiger partial charge in [-0.1, -0.05) is 6.07 Å². The molecule has 8 heteroatoms. The normalized spacial score (nSPS) is 23.6. The van der Waals surface area contributed by atoms with Gasteiger partial charge in [0.15, 0.2) is 5.82 Å². The Morgan fingerprint density at radius 2 is 2.07 bits per heavy atom. The number of nitrogens with one attached hydrogen (secondary N) is 3. The van der Waals surface area contributed by atoms with E-state index in [1.54, 1.807) is 0 Å². The number of rotatable bonds is 5. The van der Waals surface area contributed by atoms with E-state index in [1.807, 2.05) is 32.0 Å². The van der Waals surface area contributed by atoms with Crippen LogP contribution in [0.25, 0.3) is 0 Å². The molecule has 0 bridgehead atoms. The van der Waals surface area contributed by atoms with Gasteiger partial charge < -0.3 is 15.4 Å². The summed E-state index contributed by atoms with van der Waals surface area (Å²) >= 11 is 0. The van der Waals surface area contributed by atoms with E-state index in [0.29, 0.717) is 17.4 Å². The van der Waals surface area contributed by atoms with Crippen molar-refractivity contribution < 1.29 is 13.7 Å². The van der Waals surface area contributed by atoms with Gasteiger partial charge in [0, 0.05) is 51.7 Å². The Balaban J connectivity index is 1.34. The van der Waals surface area contributed by atoms with Gasteiger partial charge in [0.2, 0.25) is 0 Å².